The zero-order valence-electron chi connectivity index (χ0n) is 19.8. The Morgan fingerprint density at radius 1 is 1.19 bits per heavy atom. The molecule has 2 rings (SSSR count). The van der Waals surface area contributed by atoms with Crippen molar-refractivity contribution in [3.63, 3.8) is 0 Å². The molecular formula is C23H35N7O2. The molecule has 0 saturated carbocycles. The van der Waals surface area contributed by atoms with E-state index < -0.39 is 5.91 Å². The molecule has 1 heterocycles. The lowest BCUT2D eigenvalue weighted by Crippen LogP contribution is -2.41. The lowest BCUT2D eigenvalue weighted by molar-refractivity contribution is -0.122. The number of aryl methyl sites for hydroxylation is 1. The summed E-state index contributed by atoms with van der Waals surface area (Å²) in [5, 5.41) is 9.03. The van der Waals surface area contributed by atoms with E-state index in [-0.39, 0.29) is 23.7 Å². The summed E-state index contributed by atoms with van der Waals surface area (Å²) in [6, 6.07) is 7.72. The fraction of sp³-hybridized carbons (Fsp3) is 0.478. The van der Waals surface area contributed by atoms with Gasteiger partial charge in [-0.25, -0.2) is 9.97 Å². The van der Waals surface area contributed by atoms with Gasteiger partial charge in [-0.05, 0) is 58.4 Å². The molecule has 0 fully saturated rings. The number of nitrogens with two attached hydrogens (primary N) is 1. The van der Waals surface area contributed by atoms with E-state index in [0.29, 0.717) is 31.0 Å². The van der Waals surface area contributed by atoms with Crippen LogP contribution >= 0.6 is 0 Å². The normalized spacial score (nSPS) is 11.8. The highest BCUT2D eigenvalue weighted by Crippen LogP contribution is 2.25. The van der Waals surface area contributed by atoms with Gasteiger partial charge < -0.3 is 26.6 Å². The van der Waals surface area contributed by atoms with Gasteiger partial charge in [-0.15, -0.1) is 0 Å². The SMILES string of the molecule is CCc1nc(C(N)=O)c(Nc2cccc(CCNC(=O)[C@@H](C)NC)c2)nc1N(C)C(C)C. The highest BCUT2D eigenvalue weighted by molar-refractivity contribution is 5.96. The van der Waals surface area contributed by atoms with Crippen LogP contribution in [0.2, 0.25) is 0 Å². The van der Waals surface area contributed by atoms with E-state index in [1.165, 1.54) is 0 Å². The second kappa shape index (κ2) is 11.4. The van der Waals surface area contributed by atoms with Gasteiger partial charge in [0.1, 0.15) is 0 Å². The molecule has 0 radical (unpaired) electrons. The number of carbonyl (C=O) groups is 2. The molecule has 174 valence electrons. The minimum Gasteiger partial charge on any atom is -0.364 e. The van der Waals surface area contributed by atoms with Gasteiger partial charge in [-0.2, -0.15) is 0 Å². The summed E-state index contributed by atoms with van der Waals surface area (Å²) in [4.78, 5) is 35.2. The van der Waals surface area contributed by atoms with Crippen LogP contribution in [0.5, 0.6) is 0 Å². The number of likely N-dealkylation sites (N-methyl/N-ethyl adjacent to an activating group) is 1. The smallest absolute Gasteiger partial charge is 0.271 e. The molecule has 0 aliphatic heterocycles. The van der Waals surface area contributed by atoms with Crippen LogP contribution in [-0.4, -0.2) is 54.5 Å². The van der Waals surface area contributed by atoms with Crippen LogP contribution in [0.1, 0.15) is 49.4 Å². The Morgan fingerprint density at radius 3 is 2.50 bits per heavy atom. The summed E-state index contributed by atoms with van der Waals surface area (Å²) < 4.78 is 0. The number of carbonyl (C=O) groups excluding carboxylic acids is 2. The molecule has 9 heteroatoms. The topological polar surface area (TPSA) is 125 Å². The summed E-state index contributed by atoms with van der Waals surface area (Å²) >= 11 is 0. The van der Waals surface area contributed by atoms with Gasteiger partial charge in [0, 0.05) is 25.3 Å². The van der Waals surface area contributed by atoms with E-state index >= 15 is 0 Å². The maximum atomic E-state index is 12.1. The predicted octanol–water partition coefficient (Wildman–Crippen LogP) is 1.99. The highest BCUT2D eigenvalue weighted by atomic mass is 16.2. The van der Waals surface area contributed by atoms with Crippen LogP contribution < -0.4 is 26.6 Å². The van der Waals surface area contributed by atoms with Crippen LogP contribution in [0.15, 0.2) is 24.3 Å². The molecule has 0 unspecified atom stereocenters. The fourth-order valence-corrected chi connectivity index (χ4v) is 3.04. The minimum atomic E-state index is -0.633. The Balaban J connectivity index is 2.26. The molecule has 1 atom stereocenters. The monoisotopic (exact) mass is 441 g/mol. The highest BCUT2D eigenvalue weighted by Gasteiger charge is 2.20. The first-order chi connectivity index (χ1) is 15.2. The quantitative estimate of drug-likeness (QED) is 0.420. The molecule has 0 bridgehead atoms. The molecule has 0 saturated heterocycles. The minimum absolute atomic E-state index is 0.0408. The largest absolute Gasteiger partial charge is 0.364 e. The van der Waals surface area contributed by atoms with Crippen molar-refractivity contribution >= 4 is 29.1 Å². The lowest BCUT2D eigenvalue weighted by Gasteiger charge is -2.25. The second-order valence-electron chi connectivity index (χ2n) is 7.99. The molecule has 2 amide bonds. The first-order valence-electron chi connectivity index (χ1n) is 10.9. The van der Waals surface area contributed by atoms with Crippen molar-refractivity contribution in [2.45, 2.75) is 52.6 Å². The molecule has 0 spiro atoms. The molecular weight excluding hydrogens is 406 g/mol. The number of amides is 2. The molecule has 0 aliphatic rings. The predicted molar refractivity (Wildman–Crippen MR) is 128 cm³/mol. The van der Waals surface area contributed by atoms with E-state index in [0.717, 1.165) is 16.9 Å². The van der Waals surface area contributed by atoms with Gasteiger partial charge in [0.25, 0.3) is 5.91 Å². The van der Waals surface area contributed by atoms with Crippen molar-refractivity contribution in [1.29, 1.82) is 0 Å². The molecule has 0 aliphatic carbocycles. The van der Waals surface area contributed by atoms with Crippen LogP contribution in [0, 0.1) is 0 Å². The first-order valence-corrected chi connectivity index (χ1v) is 10.9. The second-order valence-corrected chi connectivity index (χ2v) is 7.99. The Bertz CT molecular complexity index is 946. The van der Waals surface area contributed by atoms with E-state index in [1.54, 1.807) is 7.05 Å². The van der Waals surface area contributed by atoms with Crippen molar-refractivity contribution in [2.75, 3.05) is 30.9 Å². The van der Waals surface area contributed by atoms with Crippen molar-refractivity contribution in [3.8, 4) is 0 Å². The Hall–Kier alpha value is -3.20. The Labute approximate surface area is 190 Å². The number of anilines is 3. The van der Waals surface area contributed by atoms with E-state index in [9.17, 15) is 9.59 Å². The van der Waals surface area contributed by atoms with Crippen LogP contribution in [0.4, 0.5) is 17.3 Å². The van der Waals surface area contributed by atoms with Gasteiger partial charge in [0.15, 0.2) is 17.3 Å². The van der Waals surface area contributed by atoms with Crippen molar-refractivity contribution in [1.82, 2.24) is 20.6 Å². The first kappa shape index (κ1) is 25.1. The number of nitrogens with zero attached hydrogens (tertiary/aromatic N) is 3. The van der Waals surface area contributed by atoms with E-state index in [1.807, 2.05) is 50.1 Å². The fourth-order valence-electron chi connectivity index (χ4n) is 3.04. The molecule has 2 aromatic rings. The van der Waals surface area contributed by atoms with Crippen LogP contribution in [0.3, 0.4) is 0 Å². The zero-order valence-corrected chi connectivity index (χ0v) is 19.8. The Morgan fingerprint density at radius 2 is 1.91 bits per heavy atom. The summed E-state index contributed by atoms with van der Waals surface area (Å²) in [7, 11) is 3.70. The standard InChI is InChI=1S/C23H35N7O2/c1-7-18-22(30(6)14(2)3)29-21(19(28-18)20(24)31)27-17-10-8-9-16(13-17)11-12-26-23(32)15(4)25-5/h8-10,13-15,25H,7,11-12H2,1-6H3,(H2,24,31)(H,26,32)(H,27,29)/t15-/m1/s1. The lowest BCUT2D eigenvalue weighted by atomic mass is 10.1. The number of aromatic nitrogens is 2. The zero-order chi connectivity index (χ0) is 23.8. The summed E-state index contributed by atoms with van der Waals surface area (Å²) in [5.41, 5.74) is 8.23. The third-order valence-corrected chi connectivity index (χ3v) is 5.35. The third kappa shape index (κ3) is 6.40. The van der Waals surface area contributed by atoms with Crippen LogP contribution in [0.25, 0.3) is 0 Å². The molecule has 5 N–H and O–H groups in total. The maximum absolute atomic E-state index is 12.1. The Kier molecular flexibility index (Phi) is 8.95. The number of hydrogen-bond acceptors (Lipinski definition) is 7. The molecule has 32 heavy (non-hydrogen) atoms. The summed E-state index contributed by atoms with van der Waals surface area (Å²) in [6.45, 7) is 8.44. The number of hydrogen-bond donors (Lipinski definition) is 4. The van der Waals surface area contributed by atoms with Gasteiger partial charge in [0.05, 0.1) is 11.7 Å². The van der Waals surface area contributed by atoms with Crippen molar-refractivity contribution in [2.24, 2.45) is 5.73 Å². The van der Waals surface area contributed by atoms with Crippen LogP contribution in [-0.2, 0) is 17.6 Å². The molecule has 1 aromatic carbocycles. The average molecular weight is 442 g/mol. The van der Waals surface area contributed by atoms with Gasteiger partial charge >= 0.3 is 0 Å². The number of benzene rings is 1. The van der Waals surface area contributed by atoms with Crippen molar-refractivity contribution in [3.05, 3.63) is 41.2 Å². The maximum Gasteiger partial charge on any atom is 0.271 e. The van der Waals surface area contributed by atoms with E-state index in [2.05, 4.69) is 34.8 Å². The van der Waals surface area contributed by atoms with E-state index in [4.69, 9.17) is 10.7 Å². The summed E-state index contributed by atoms with van der Waals surface area (Å²) in [5.74, 6) is 0.366. The van der Waals surface area contributed by atoms with Gasteiger partial charge in [0.2, 0.25) is 5.91 Å². The number of rotatable bonds is 11. The van der Waals surface area contributed by atoms with Gasteiger partial charge in [-0.3, -0.25) is 9.59 Å². The molecule has 9 nitrogen and oxygen atoms in total. The number of primary amides is 1. The molecule has 1 aromatic heterocycles. The van der Waals surface area contributed by atoms with Crippen molar-refractivity contribution < 1.29 is 9.59 Å². The average Bonchev–Trinajstić information content (AvgIpc) is 2.77. The summed E-state index contributed by atoms with van der Waals surface area (Å²) in [6.07, 6.45) is 1.30. The number of nitrogens with one attached hydrogen (secondary N) is 3. The van der Waals surface area contributed by atoms with Gasteiger partial charge in [-0.1, -0.05) is 19.1 Å². The third-order valence-electron chi connectivity index (χ3n) is 5.35.